The van der Waals surface area contributed by atoms with E-state index in [9.17, 15) is 0 Å². The van der Waals surface area contributed by atoms with Crippen LogP contribution in [0.4, 0.5) is 5.82 Å². The Balaban J connectivity index is 2.56. The summed E-state index contributed by atoms with van der Waals surface area (Å²) in [6, 6.07) is 0. The fourth-order valence-electron chi connectivity index (χ4n) is 1.46. The third kappa shape index (κ3) is 1.66. The molecular formula is C9H12N6. The van der Waals surface area contributed by atoms with Crippen molar-refractivity contribution >= 4 is 5.82 Å². The van der Waals surface area contributed by atoms with Gasteiger partial charge in [-0.2, -0.15) is 0 Å². The van der Waals surface area contributed by atoms with Crippen molar-refractivity contribution in [3.05, 3.63) is 30.6 Å². The van der Waals surface area contributed by atoms with Gasteiger partial charge in [-0.3, -0.25) is 4.57 Å². The molecule has 0 saturated carbocycles. The maximum atomic E-state index is 5.38. The molecule has 0 spiro atoms. The van der Waals surface area contributed by atoms with Gasteiger partial charge in [0.2, 0.25) is 0 Å². The van der Waals surface area contributed by atoms with Crippen LogP contribution >= 0.6 is 0 Å². The number of nitrogens with one attached hydrogen (secondary N) is 1. The maximum Gasteiger partial charge on any atom is 0.148 e. The zero-order valence-electron chi connectivity index (χ0n) is 8.38. The Morgan fingerprint density at radius 2 is 2.33 bits per heavy atom. The van der Waals surface area contributed by atoms with E-state index < -0.39 is 0 Å². The first-order valence-electron chi connectivity index (χ1n) is 4.65. The van der Waals surface area contributed by atoms with Crippen molar-refractivity contribution in [3.8, 4) is 5.82 Å². The van der Waals surface area contributed by atoms with Crippen molar-refractivity contribution in [2.75, 3.05) is 5.43 Å². The summed E-state index contributed by atoms with van der Waals surface area (Å²) in [5, 5.41) is 0. The quantitative estimate of drug-likeness (QED) is 0.562. The van der Waals surface area contributed by atoms with Gasteiger partial charge in [-0.25, -0.2) is 20.8 Å². The topological polar surface area (TPSA) is 81.6 Å². The summed E-state index contributed by atoms with van der Waals surface area (Å²) in [5.74, 6) is 6.84. The fraction of sp³-hybridized carbons (Fsp3) is 0.222. The highest BCUT2D eigenvalue weighted by Crippen LogP contribution is 2.18. The molecule has 0 saturated heterocycles. The second kappa shape index (κ2) is 4.05. The monoisotopic (exact) mass is 204 g/mol. The lowest BCUT2D eigenvalue weighted by Gasteiger charge is -2.10. The molecule has 3 N–H and O–H groups in total. The molecule has 0 aliphatic heterocycles. The number of imidazole rings is 1. The van der Waals surface area contributed by atoms with E-state index in [1.165, 1.54) is 6.33 Å². The molecule has 2 heterocycles. The minimum atomic E-state index is 0.649. The summed E-state index contributed by atoms with van der Waals surface area (Å²) in [6.45, 7) is 2.03. The summed E-state index contributed by atoms with van der Waals surface area (Å²) in [4.78, 5) is 12.3. The van der Waals surface area contributed by atoms with E-state index in [0.29, 0.717) is 5.82 Å². The van der Waals surface area contributed by atoms with Gasteiger partial charge in [-0.15, -0.1) is 0 Å². The van der Waals surface area contributed by atoms with Gasteiger partial charge in [-0.1, -0.05) is 6.92 Å². The molecular weight excluding hydrogens is 192 g/mol. The fourth-order valence-corrected chi connectivity index (χ4v) is 1.46. The number of hydrazine groups is 1. The van der Waals surface area contributed by atoms with Gasteiger partial charge < -0.3 is 5.43 Å². The van der Waals surface area contributed by atoms with Crippen LogP contribution in [0.5, 0.6) is 0 Å². The smallest absolute Gasteiger partial charge is 0.148 e. The third-order valence-electron chi connectivity index (χ3n) is 2.16. The zero-order chi connectivity index (χ0) is 10.7. The Bertz CT molecular complexity index is 436. The van der Waals surface area contributed by atoms with Crippen LogP contribution in [0.15, 0.2) is 25.0 Å². The lowest BCUT2D eigenvalue weighted by Crippen LogP contribution is -2.13. The van der Waals surface area contributed by atoms with E-state index in [0.717, 1.165) is 17.8 Å². The molecule has 0 aliphatic rings. The summed E-state index contributed by atoms with van der Waals surface area (Å²) in [5.41, 5.74) is 3.53. The van der Waals surface area contributed by atoms with Crippen molar-refractivity contribution in [2.45, 2.75) is 13.3 Å². The van der Waals surface area contributed by atoms with Gasteiger partial charge in [-0.05, 0) is 6.42 Å². The minimum absolute atomic E-state index is 0.649. The molecule has 0 unspecified atom stereocenters. The molecule has 2 aromatic heterocycles. The number of rotatable bonds is 3. The number of anilines is 1. The van der Waals surface area contributed by atoms with E-state index >= 15 is 0 Å². The number of nitrogens with two attached hydrogens (primary N) is 1. The lowest BCUT2D eigenvalue weighted by atomic mass is 10.2. The van der Waals surface area contributed by atoms with Crippen LogP contribution in [0.3, 0.4) is 0 Å². The van der Waals surface area contributed by atoms with Crippen LogP contribution in [0.1, 0.15) is 12.5 Å². The van der Waals surface area contributed by atoms with Crippen LogP contribution < -0.4 is 11.3 Å². The number of nitrogens with zero attached hydrogens (tertiary/aromatic N) is 4. The maximum absolute atomic E-state index is 5.38. The van der Waals surface area contributed by atoms with Gasteiger partial charge in [0.1, 0.15) is 24.3 Å². The summed E-state index contributed by atoms with van der Waals surface area (Å²) in [7, 11) is 0. The Morgan fingerprint density at radius 3 is 2.93 bits per heavy atom. The van der Waals surface area contributed by atoms with E-state index in [1.54, 1.807) is 12.5 Å². The number of aromatic nitrogens is 4. The van der Waals surface area contributed by atoms with E-state index in [1.807, 2.05) is 17.7 Å². The zero-order valence-corrected chi connectivity index (χ0v) is 8.38. The first-order valence-corrected chi connectivity index (χ1v) is 4.65. The van der Waals surface area contributed by atoms with Gasteiger partial charge in [0.05, 0.1) is 0 Å². The van der Waals surface area contributed by atoms with Crippen LogP contribution in [-0.4, -0.2) is 19.5 Å². The number of nitrogen functional groups attached to an aromatic ring is 1. The van der Waals surface area contributed by atoms with Crippen molar-refractivity contribution in [1.29, 1.82) is 0 Å². The Hall–Kier alpha value is -1.95. The lowest BCUT2D eigenvalue weighted by molar-refractivity contribution is 0.920. The Morgan fingerprint density at radius 1 is 1.47 bits per heavy atom. The second-order valence-electron chi connectivity index (χ2n) is 2.99. The Labute approximate surface area is 87.2 Å². The summed E-state index contributed by atoms with van der Waals surface area (Å²) in [6.07, 6.45) is 7.51. The first kappa shape index (κ1) is 9.60. The second-order valence-corrected chi connectivity index (χ2v) is 2.99. The molecule has 78 valence electrons. The van der Waals surface area contributed by atoms with Crippen molar-refractivity contribution in [1.82, 2.24) is 19.5 Å². The van der Waals surface area contributed by atoms with Crippen LogP contribution in [-0.2, 0) is 6.42 Å². The highest BCUT2D eigenvalue weighted by molar-refractivity contribution is 5.50. The summed E-state index contributed by atoms with van der Waals surface area (Å²) < 4.78 is 1.83. The predicted octanol–water partition coefficient (Wildman–Crippen LogP) is 0.510. The average molecular weight is 204 g/mol. The molecule has 0 fully saturated rings. The predicted molar refractivity (Wildman–Crippen MR) is 56.3 cm³/mol. The van der Waals surface area contributed by atoms with Gasteiger partial charge in [0.25, 0.3) is 0 Å². The molecule has 6 heteroatoms. The molecule has 0 amide bonds. The molecule has 2 rings (SSSR count). The number of hydrogen-bond acceptors (Lipinski definition) is 5. The molecule has 0 aliphatic carbocycles. The van der Waals surface area contributed by atoms with Crippen LogP contribution in [0.25, 0.3) is 5.82 Å². The van der Waals surface area contributed by atoms with Crippen molar-refractivity contribution < 1.29 is 0 Å². The highest BCUT2D eigenvalue weighted by Gasteiger charge is 2.09. The van der Waals surface area contributed by atoms with Gasteiger partial charge in [0, 0.05) is 18.0 Å². The van der Waals surface area contributed by atoms with E-state index in [4.69, 9.17) is 5.84 Å². The molecule has 0 bridgehead atoms. The van der Waals surface area contributed by atoms with Crippen LogP contribution in [0, 0.1) is 0 Å². The SMILES string of the molecule is CCc1c(NN)ncnc1-n1ccnc1. The molecule has 15 heavy (non-hydrogen) atoms. The van der Waals surface area contributed by atoms with E-state index in [2.05, 4.69) is 20.4 Å². The minimum Gasteiger partial charge on any atom is -0.308 e. The normalized spacial score (nSPS) is 10.3. The van der Waals surface area contributed by atoms with Crippen LogP contribution in [0.2, 0.25) is 0 Å². The van der Waals surface area contributed by atoms with Gasteiger partial charge >= 0.3 is 0 Å². The molecule has 0 radical (unpaired) electrons. The van der Waals surface area contributed by atoms with Crippen molar-refractivity contribution in [2.24, 2.45) is 5.84 Å². The standard InChI is InChI=1S/C9H12N6/c1-2-7-8(14-10)12-5-13-9(7)15-4-3-11-6-15/h3-6H,2,10H2,1H3,(H,12,13,14). The molecule has 0 aromatic carbocycles. The third-order valence-corrected chi connectivity index (χ3v) is 2.16. The number of hydrogen-bond donors (Lipinski definition) is 2. The Kier molecular flexibility index (Phi) is 2.59. The van der Waals surface area contributed by atoms with Gasteiger partial charge in [0.15, 0.2) is 0 Å². The first-order chi connectivity index (χ1) is 7.36. The summed E-state index contributed by atoms with van der Waals surface area (Å²) >= 11 is 0. The molecule has 2 aromatic rings. The highest BCUT2D eigenvalue weighted by atomic mass is 15.3. The molecule has 6 nitrogen and oxygen atoms in total. The largest absolute Gasteiger partial charge is 0.308 e. The van der Waals surface area contributed by atoms with E-state index in [-0.39, 0.29) is 0 Å². The van der Waals surface area contributed by atoms with Crippen molar-refractivity contribution in [3.63, 3.8) is 0 Å². The molecule has 0 atom stereocenters. The average Bonchev–Trinajstić information content (AvgIpc) is 2.81.